The van der Waals surface area contributed by atoms with Gasteiger partial charge in [-0.25, -0.2) is 4.98 Å². The van der Waals surface area contributed by atoms with Gasteiger partial charge >= 0.3 is 0 Å². The van der Waals surface area contributed by atoms with Gasteiger partial charge in [0.25, 0.3) is 0 Å². The van der Waals surface area contributed by atoms with Gasteiger partial charge < -0.3 is 10.1 Å². The van der Waals surface area contributed by atoms with E-state index in [0.717, 1.165) is 51.6 Å². The van der Waals surface area contributed by atoms with Crippen molar-refractivity contribution in [2.75, 3.05) is 38.2 Å². The molecule has 1 aromatic rings. The minimum Gasteiger partial charge on any atom is -0.379 e. The zero-order valence-electron chi connectivity index (χ0n) is 10.5. The van der Waals surface area contributed by atoms with Gasteiger partial charge in [-0.2, -0.15) is 0 Å². The Bertz CT molecular complexity index is 337. The third kappa shape index (κ3) is 3.98. The van der Waals surface area contributed by atoms with Gasteiger partial charge in [0.05, 0.1) is 13.2 Å². The number of nitrogens with one attached hydrogen (secondary N) is 1. The van der Waals surface area contributed by atoms with E-state index in [1.807, 2.05) is 6.20 Å². The SMILES string of the molecule is CCCNc1cc(CN2CCOCC2)ccn1. The first-order chi connectivity index (χ1) is 8.38. The summed E-state index contributed by atoms with van der Waals surface area (Å²) >= 11 is 0. The predicted octanol–water partition coefficient (Wildman–Crippen LogP) is 1.74. The summed E-state index contributed by atoms with van der Waals surface area (Å²) in [5.41, 5.74) is 1.32. The Kier molecular flexibility index (Phi) is 4.76. The predicted molar refractivity (Wildman–Crippen MR) is 69.1 cm³/mol. The molecule has 0 aliphatic carbocycles. The van der Waals surface area contributed by atoms with Crippen LogP contribution in [0.1, 0.15) is 18.9 Å². The van der Waals surface area contributed by atoms with Gasteiger partial charge in [-0.15, -0.1) is 0 Å². The molecule has 4 nitrogen and oxygen atoms in total. The summed E-state index contributed by atoms with van der Waals surface area (Å²) in [5.74, 6) is 0.984. The largest absolute Gasteiger partial charge is 0.379 e. The van der Waals surface area contributed by atoms with E-state index in [-0.39, 0.29) is 0 Å². The summed E-state index contributed by atoms with van der Waals surface area (Å²) in [6.45, 7) is 7.89. The van der Waals surface area contributed by atoms with Crippen molar-refractivity contribution in [1.29, 1.82) is 0 Å². The molecule has 0 unspecified atom stereocenters. The Hall–Kier alpha value is -1.13. The fourth-order valence-corrected chi connectivity index (χ4v) is 1.94. The topological polar surface area (TPSA) is 37.4 Å². The molecule has 0 atom stereocenters. The van der Waals surface area contributed by atoms with Crippen LogP contribution in [0.2, 0.25) is 0 Å². The molecule has 0 radical (unpaired) electrons. The molecule has 0 saturated carbocycles. The number of morpholine rings is 1. The van der Waals surface area contributed by atoms with Gasteiger partial charge in [0.2, 0.25) is 0 Å². The highest BCUT2D eigenvalue weighted by Crippen LogP contribution is 2.10. The van der Waals surface area contributed by atoms with Crippen molar-refractivity contribution in [2.24, 2.45) is 0 Å². The van der Waals surface area contributed by atoms with Crippen LogP contribution in [-0.2, 0) is 11.3 Å². The molecule has 0 aromatic carbocycles. The number of hydrogen-bond acceptors (Lipinski definition) is 4. The van der Waals surface area contributed by atoms with Crippen LogP contribution in [0.3, 0.4) is 0 Å². The van der Waals surface area contributed by atoms with Crippen LogP contribution >= 0.6 is 0 Å². The second-order valence-corrected chi connectivity index (χ2v) is 4.36. The summed E-state index contributed by atoms with van der Waals surface area (Å²) in [5, 5.41) is 3.32. The van der Waals surface area contributed by atoms with Crippen LogP contribution < -0.4 is 5.32 Å². The third-order valence-electron chi connectivity index (χ3n) is 2.89. The van der Waals surface area contributed by atoms with Crippen molar-refractivity contribution >= 4 is 5.82 Å². The summed E-state index contributed by atoms with van der Waals surface area (Å²) in [7, 11) is 0. The number of ether oxygens (including phenoxy) is 1. The van der Waals surface area contributed by atoms with Crippen LogP contribution in [0.4, 0.5) is 5.82 Å². The highest BCUT2D eigenvalue weighted by molar-refractivity contribution is 5.37. The Morgan fingerprint density at radius 3 is 3.00 bits per heavy atom. The van der Waals surface area contributed by atoms with E-state index in [0.29, 0.717) is 0 Å². The average molecular weight is 235 g/mol. The molecule has 4 heteroatoms. The van der Waals surface area contributed by atoms with E-state index in [4.69, 9.17) is 4.74 Å². The summed E-state index contributed by atoms with van der Waals surface area (Å²) in [6, 6.07) is 4.23. The molecule has 0 spiro atoms. The number of hydrogen-bond donors (Lipinski definition) is 1. The van der Waals surface area contributed by atoms with E-state index in [9.17, 15) is 0 Å². The molecule has 1 N–H and O–H groups in total. The van der Waals surface area contributed by atoms with Gasteiger partial charge in [0.1, 0.15) is 5.82 Å². The third-order valence-corrected chi connectivity index (χ3v) is 2.89. The van der Waals surface area contributed by atoms with Gasteiger partial charge in [0, 0.05) is 32.4 Å². The molecule has 17 heavy (non-hydrogen) atoms. The minimum absolute atomic E-state index is 0.853. The lowest BCUT2D eigenvalue weighted by atomic mass is 10.2. The van der Waals surface area contributed by atoms with Crippen molar-refractivity contribution in [3.05, 3.63) is 23.9 Å². The van der Waals surface area contributed by atoms with E-state index in [1.165, 1.54) is 5.56 Å². The van der Waals surface area contributed by atoms with Crippen molar-refractivity contribution in [3.63, 3.8) is 0 Å². The number of anilines is 1. The zero-order chi connectivity index (χ0) is 11.9. The van der Waals surface area contributed by atoms with Crippen molar-refractivity contribution in [2.45, 2.75) is 19.9 Å². The molecule has 1 saturated heterocycles. The summed E-state index contributed by atoms with van der Waals surface area (Å²) in [4.78, 5) is 6.73. The van der Waals surface area contributed by atoms with E-state index in [1.54, 1.807) is 0 Å². The van der Waals surface area contributed by atoms with Crippen LogP contribution in [0.15, 0.2) is 18.3 Å². The molecular formula is C13H21N3O. The second kappa shape index (κ2) is 6.57. The lowest BCUT2D eigenvalue weighted by molar-refractivity contribution is 0.0342. The van der Waals surface area contributed by atoms with E-state index in [2.05, 4.69) is 34.3 Å². The highest BCUT2D eigenvalue weighted by Gasteiger charge is 2.10. The monoisotopic (exact) mass is 235 g/mol. The molecular weight excluding hydrogens is 214 g/mol. The van der Waals surface area contributed by atoms with Crippen LogP contribution in [-0.4, -0.2) is 42.7 Å². The quantitative estimate of drug-likeness (QED) is 0.843. The van der Waals surface area contributed by atoms with Gasteiger partial charge in [-0.1, -0.05) is 6.92 Å². The van der Waals surface area contributed by atoms with Crippen LogP contribution in [0, 0.1) is 0 Å². The van der Waals surface area contributed by atoms with Crippen LogP contribution in [0.25, 0.3) is 0 Å². The molecule has 0 amide bonds. The van der Waals surface area contributed by atoms with Gasteiger partial charge in [0.15, 0.2) is 0 Å². The maximum Gasteiger partial charge on any atom is 0.126 e. The molecule has 0 bridgehead atoms. The Labute approximate surface area is 103 Å². The van der Waals surface area contributed by atoms with Gasteiger partial charge in [-0.05, 0) is 24.1 Å². The van der Waals surface area contributed by atoms with E-state index < -0.39 is 0 Å². The van der Waals surface area contributed by atoms with Crippen LogP contribution in [0.5, 0.6) is 0 Å². The molecule has 2 heterocycles. The summed E-state index contributed by atoms with van der Waals surface area (Å²) in [6.07, 6.45) is 3.00. The molecule has 94 valence electrons. The standard InChI is InChI=1S/C13H21N3O/c1-2-4-14-13-10-12(3-5-15-13)11-16-6-8-17-9-7-16/h3,5,10H,2,4,6-9,11H2,1H3,(H,14,15). The molecule has 1 fully saturated rings. The number of pyridine rings is 1. The lowest BCUT2D eigenvalue weighted by Crippen LogP contribution is -2.35. The minimum atomic E-state index is 0.853. The first-order valence-electron chi connectivity index (χ1n) is 6.37. The number of nitrogens with zero attached hydrogens (tertiary/aromatic N) is 2. The smallest absolute Gasteiger partial charge is 0.126 e. The average Bonchev–Trinajstić information content (AvgIpc) is 2.38. The van der Waals surface area contributed by atoms with Crippen molar-refractivity contribution in [3.8, 4) is 0 Å². The normalized spacial score (nSPS) is 17.0. The highest BCUT2D eigenvalue weighted by atomic mass is 16.5. The fourth-order valence-electron chi connectivity index (χ4n) is 1.94. The van der Waals surface area contributed by atoms with Crippen molar-refractivity contribution in [1.82, 2.24) is 9.88 Å². The van der Waals surface area contributed by atoms with E-state index >= 15 is 0 Å². The Morgan fingerprint density at radius 2 is 2.24 bits per heavy atom. The van der Waals surface area contributed by atoms with Gasteiger partial charge in [-0.3, -0.25) is 4.90 Å². The Balaban J connectivity index is 1.90. The molecule has 1 aromatic heterocycles. The molecule has 1 aliphatic heterocycles. The number of aromatic nitrogens is 1. The maximum atomic E-state index is 5.35. The lowest BCUT2D eigenvalue weighted by Gasteiger charge is -2.26. The van der Waals surface area contributed by atoms with Crippen molar-refractivity contribution < 1.29 is 4.74 Å². The first kappa shape index (κ1) is 12.3. The zero-order valence-corrected chi connectivity index (χ0v) is 10.5. The first-order valence-corrected chi connectivity index (χ1v) is 6.37. The number of rotatable bonds is 5. The summed E-state index contributed by atoms with van der Waals surface area (Å²) < 4.78 is 5.35. The fraction of sp³-hybridized carbons (Fsp3) is 0.615. The second-order valence-electron chi connectivity index (χ2n) is 4.36. The molecule has 1 aliphatic rings. The maximum absolute atomic E-state index is 5.35. The Morgan fingerprint density at radius 1 is 1.41 bits per heavy atom. The molecule has 2 rings (SSSR count).